The molecule has 1 saturated carbocycles. The van der Waals surface area contributed by atoms with Crippen molar-refractivity contribution in [2.24, 2.45) is 4.99 Å². The minimum Gasteiger partial charge on any atom is -0.463 e. The van der Waals surface area contributed by atoms with Gasteiger partial charge in [-0.3, -0.25) is 9.69 Å². The maximum Gasteiger partial charge on any atom is 0.434 e. The number of hydrogen-bond acceptors (Lipinski definition) is 3. The SMILES string of the molecule is C[C@@]1(c2cccc(-c3cccc(Cl)c3)c2Cl)CC(=O)N([C@@H]2CCC(F)(F)[C@H](O)C2)/C(=N/C(=O)O)N1. The van der Waals surface area contributed by atoms with Crippen molar-refractivity contribution in [3.63, 3.8) is 0 Å². The fourth-order valence-electron chi connectivity index (χ4n) is 4.71. The van der Waals surface area contributed by atoms with Crippen LogP contribution in [0.3, 0.4) is 0 Å². The Morgan fingerprint density at radius 2 is 1.94 bits per heavy atom. The van der Waals surface area contributed by atoms with Crippen molar-refractivity contribution in [1.29, 1.82) is 0 Å². The molecule has 0 radical (unpaired) electrons. The van der Waals surface area contributed by atoms with Gasteiger partial charge >= 0.3 is 6.09 Å². The Labute approximate surface area is 210 Å². The Kier molecular flexibility index (Phi) is 6.78. The first-order chi connectivity index (χ1) is 16.4. The summed E-state index contributed by atoms with van der Waals surface area (Å²) < 4.78 is 27.6. The molecule has 2 aliphatic rings. The van der Waals surface area contributed by atoms with Crippen LogP contribution < -0.4 is 5.32 Å². The Morgan fingerprint density at radius 3 is 2.60 bits per heavy atom. The highest BCUT2D eigenvalue weighted by atomic mass is 35.5. The molecule has 1 heterocycles. The van der Waals surface area contributed by atoms with Crippen molar-refractivity contribution in [3.05, 3.63) is 58.1 Å². The van der Waals surface area contributed by atoms with Gasteiger partial charge in [0.15, 0.2) is 0 Å². The number of carbonyl (C=O) groups is 2. The lowest BCUT2D eigenvalue weighted by Crippen LogP contribution is -2.64. The number of carboxylic acid groups (broad SMARTS) is 1. The van der Waals surface area contributed by atoms with Crippen LogP contribution in [0.1, 0.15) is 38.2 Å². The number of aliphatic imine (C=N–C) groups is 1. The Morgan fingerprint density at radius 1 is 1.23 bits per heavy atom. The number of rotatable bonds is 3. The Bertz CT molecular complexity index is 1210. The van der Waals surface area contributed by atoms with Crippen LogP contribution in [0.15, 0.2) is 47.5 Å². The molecule has 3 atom stereocenters. The summed E-state index contributed by atoms with van der Waals surface area (Å²) in [5.74, 6) is -4.07. The van der Waals surface area contributed by atoms with E-state index in [9.17, 15) is 28.6 Å². The number of aliphatic hydroxyl groups excluding tert-OH is 1. The average Bonchev–Trinajstić information content (AvgIpc) is 2.75. The van der Waals surface area contributed by atoms with Crippen molar-refractivity contribution >= 4 is 41.2 Å². The number of nitrogens with one attached hydrogen (secondary N) is 1. The minimum atomic E-state index is -3.27. The van der Waals surface area contributed by atoms with Crippen molar-refractivity contribution in [3.8, 4) is 11.1 Å². The summed E-state index contributed by atoms with van der Waals surface area (Å²) >= 11 is 12.9. The summed E-state index contributed by atoms with van der Waals surface area (Å²) in [7, 11) is 0. The molecular formula is C24H23Cl2F2N3O4. The number of nitrogens with zero attached hydrogens (tertiary/aromatic N) is 2. The third-order valence-electron chi connectivity index (χ3n) is 6.48. The van der Waals surface area contributed by atoms with E-state index in [1.165, 1.54) is 0 Å². The van der Waals surface area contributed by atoms with E-state index in [0.717, 1.165) is 10.5 Å². The third-order valence-corrected chi connectivity index (χ3v) is 7.12. The second-order valence-corrected chi connectivity index (χ2v) is 9.81. The van der Waals surface area contributed by atoms with Gasteiger partial charge in [0.05, 0.1) is 17.0 Å². The van der Waals surface area contributed by atoms with Crippen LogP contribution in [0.4, 0.5) is 13.6 Å². The van der Waals surface area contributed by atoms with E-state index in [-0.39, 0.29) is 18.8 Å². The molecule has 0 bridgehead atoms. The van der Waals surface area contributed by atoms with Gasteiger partial charge in [-0.25, -0.2) is 13.6 Å². The molecular weight excluding hydrogens is 503 g/mol. The molecule has 11 heteroatoms. The highest BCUT2D eigenvalue weighted by Crippen LogP contribution is 2.41. The van der Waals surface area contributed by atoms with Crippen LogP contribution in [0.2, 0.25) is 10.0 Å². The largest absolute Gasteiger partial charge is 0.463 e. The second-order valence-electron chi connectivity index (χ2n) is 9.00. The van der Waals surface area contributed by atoms with Crippen molar-refractivity contribution in [1.82, 2.24) is 10.2 Å². The van der Waals surface area contributed by atoms with Crippen molar-refractivity contribution in [2.45, 2.75) is 56.2 Å². The summed E-state index contributed by atoms with van der Waals surface area (Å²) in [5.41, 5.74) is 0.801. The molecule has 3 N–H and O–H groups in total. The monoisotopic (exact) mass is 525 g/mol. The normalized spacial score (nSPS) is 27.5. The quantitative estimate of drug-likeness (QED) is 0.505. The van der Waals surface area contributed by atoms with Crippen molar-refractivity contribution in [2.75, 3.05) is 0 Å². The molecule has 0 unspecified atom stereocenters. The van der Waals surface area contributed by atoms with E-state index in [4.69, 9.17) is 23.2 Å². The van der Waals surface area contributed by atoms with Crippen LogP contribution >= 0.6 is 23.2 Å². The number of carbonyl (C=O) groups excluding carboxylic acids is 1. The first-order valence-electron chi connectivity index (χ1n) is 10.9. The molecule has 7 nitrogen and oxygen atoms in total. The van der Waals surface area contributed by atoms with Gasteiger partial charge in [-0.2, -0.15) is 0 Å². The molecule has 35 heavy (non-hydrogen) atoms. The fourth-order valence-corrected chi connectivity index (χ4v) is 5.35. The minimum absolute atomic E-state index is 0.113. The molecule has 2 aromatic rings. The van der Waals surface area contributed by atoms with E-state index in [1.54, 1.807) is 43.3 Å². The predicted octanol–water partition coefficient (Wildman–Crippen LogP) is 5.28. The zero-order valence-electron chi connectivity index (χ0n) is 18.6. The average molecular weight is 526 g/mol. The predicted molar refractivity (Wildman–Crippen MR) is 128 cm³/mol. The van der Waals surface area contributed by atoms with Crippen LogP contribution in [-0.4, -0.2) is 51.1 Å². The van der Waals surface area contributed by atoms with Crippen LogP contribution in [0.25, 0.3) is 11.1 Å². The van der Waals surface area contributed by atoms with E-state index >= 15 is 0 Å². The van der Waals surface area contributed by atoms with Gasteiger partial charge in [0.2, 0.25) is 11.9 Å². The number of halogens is 4. The zero-order valence-corrected chi connectivity index (χ0v) is 20.2. The molecule has 2 amide bonds. The molecule has 0 spiro atoms. The smallest absolute Gasteiger partial charge is 0.434 e. The van der Waals surface area contributed by atoms with Crippen LogP contribution in [0, 0.1) is 0 Å². The fraction of sp³-hybridized carbons (Fsp3) is 0.375. The van der Waals surface area contributed by atoms with Crippen LogP contribution in [-0.2, 0) is 10.3 Å². The van der Waals surface area contributed by atoms with E-state index in [2.05, 4.69) is 10.3 Å². The molecule has 4 rings (SSSR count). The summed E-state index contributed by atoms with van der Waals surface area (Å²) in [6.45, 7) is 1.69. The number of aliphatic hydroxyl groups is 1. The molecule has 186 valence electrons. The number of amides is 2. The highest BCUT2D eigenvalue weighted by Gasteiger charge is 2.50. The maximum atomic E-state index is 13.8. The number of alkyl halides is 2. The lowest BCUT2D eigenvalue weighted by molar-refractivity contribution is -0.151. The van der Waals surface area contributed by atoms with Gasteiger partial charge in [-0.05, 0) is 36.6 Å². The van der Waals surface area contributed by atoms with Gasteiger partial charge in [0, 0.05) is 29.5 Å². The summed E-state index contributed by atoms with van der Waals surface area (Å²) in [6.07, 6.45) is -4.80. The van der Waals surface area contributed by atoms with E-state index in [0.29, 0.717) is 21.2 Å². The number of guanidine groups is 1. The standard InChI is InChI=1S/C24H23Cl2F2N3O4/c1-23(17-7-3-6-16(20(17)26)13-4-2-5-14(25)10-13)12-19(33)31(21(30-23)29-22(34)35)15-8-9-24(27,28)18(32)11-15/h2-7,10,15,18,32H,8-9,11-12H2,1H3,(H,29,30)(H,34,35)/t15-,18-,23+/m1/s1. The summed E-state index contributed by atoms with van der Waals surface area (Å²) in [4.78, 5) is 29.4. The number of hydrogen-bond donors (Lipinski definition) is 3. The Balaban J connectivity index is 1.71. The second kappa shape index (κ2) is 9.37. The lowest BCUT2D eigenvalue weighted by atomic mass is 9.83. The first kappa shape index (κ1) is 25.3. The molecule has 1 aliphatic carbocycles. The first-order valence-corrected chi connectivity index (χ1v) is 11.7. The molecule has 0 aromatic heterocycles. The molecule has 2 fully saturated rings. The van der Waals surface area contributed by atoms with Gasteiger partial charge in [-0.15, -0.1) is 4.99 Å². The zero-order chi connectivity index (χ0) is 25.5. The third kappa shape index (κ3) is 4.98. The summed E-state index contributed by atoms with van der Waals surface area (Å²) in [5, 5.41) is 23.1. The highest BCUT2D eigenvalue weighted by molar-refractivity contribution is 6.34. The summed E-state index contributed by atoms with van der Waals surface area (Å²) in [6, 6.07) is 11.5. The van der Waals surface area contributed by atoms with Gasteiger partial charge < -0.3 is 15.5 Å². The van der Waals surface area contributed by atoms with Gasteiger partial charge in [0.25, 0.3) is 5.92 Å². The van der Waals surface area contributed by atoms with E-state index < -0.39 is 48.4 Å². The maximum absolute atomic E-state index is 13.8. The number of benzene rings is 2. The van der Waals surface area contributed by atoms with E-state index in [1.807, 2.05) is 6.07 Å². The van der Waals surface area contributed by atoms with Gasteiger partial charge in [0.1, 0.15) is 6.10 Å². The topological polar surface area (TPSA) is 102 Å². The molecule has 1 saturated heterocycles. The molecule has 1 aliphatic heterocycles. The molecule has 2 aromatic carbocycles. The van der Waals surface area contributed by atoms with Crippen LogP contribution in [0.5, 0.6) is 0 Å². The lowest BCUT2D eigenvalue weighted by Gasteiger charge is -2.46. The van der Waals surface area contributed by atoms with Gasteiger partial charge in [-0.1, -0.05) is 53.5 Å². The van der Waals surface area contributed by atoms with Crippen molar-refractivity contribution < 1.29 is 28.6 Å². The Hall–Kier alpha value is -2.75.